The van der Waals surface area contributed by atoms with Gasteiger partial charge in [0.1, 0.15) is 5.65 Å². The number of pyridine rings is 1. The van der Waals surface area contributed by atoms with Crippen molar-refractivity contribution in [3.63, 3.8) is 0 Å². The van der Waals surface area contributed by atoms with E-state index in [1.54, 1.807) is 0 Å². The van der Waals surface area contributed by atoms with Crippen molar-refractivity contribution in [2.75, 3.05) is 0 Å². The minimum absolute atomic E-state index is 0.369. The monoisotopic (exact) mass is 396 g/mol. The van der Waals surface area contributed by atoms with Crippen LogP contribution in [0.4, 0.5) is 0 Å². The van der Waals surface area contributed by atoms with Gasteiger partial charge in [0.25, 0.3) is 0 Å². The van der Waals surface area contributed by atoms with E-state index in [0.29, 0.717) is 0 Å². The summed E-state index contributed by atoms with van der Waals surface area (Å²) in [7, 11) is -0.394. The number of fused-ring (bicyclic) bond motifs is 1. The van der Waals surface area contributed by atoms with Crippen molar-refractivity contribution in [2.24, 2.45) is 0 Å². The summed E-state index contributed by atoms with van der Waals surface area (Å²) in [5.41, 5.74) is 5.40. The smallest absolute Gasteiger partial charge is 0.399 e. The standard InChI is InChI=1S/C25H25BN2O2/c1-24(2)25(3,4)30-26(29-24)20-14-10-13-19(17-20)23-22(18-11-6-5-7-12-18)27-21-15-8-9-16-28(21)23/h5-17H,1-4H3. The Hall–Kier alpha value is -2.89. The molecule has 4 aromatic rings. The molecule has 2 aromatic carbocycles. The van der Waals surface area contributed by atoms with E-state index in [9.17, 15) is 0 Å². The van der Waals surface area contributed by atoms with Crippen molar-refractivity contribution in [3.8, 4) is 22.5 Å². The summed E-state index contributed by atoms with van der Waals surface area (Å²) in [6.07, 6.45) is 2.06. The molecule has 0 amide bonds. The summed E-state index contributed by atoms with van der Waals surface area (Å²) in [5, 5.41) is 0. The van der Waals surface area contributed by atoms with Gasteiger partial charge in [-0.25, -0.2) is 4.98 Å². The Labute approximate surface area is 177 Å². The minimum Gasteiger partial charge on any atom is -0.399 e. The summed E-state index contributed by atoms with van der Waals surface area (Å²) >= 11 is 0. The highest BCUT2D eigenvalue weighted by atomic mass is 16.7. The molecule has 3 heterocycles. The van der Waals surface area contributed by atoms with Crippen molar-refractivity contribution < 1.29 is 9.31 Å². The average molecular weight is 396 g/mol. The van der Waals surface area contributed by atoms with Crippen molar-refractivity contribution in [1.29, 1.82) is 0 Å². The largest absolute Gasteiger partial charge is 0.494 e. The van der Waals surface area contributed by atoms with Crippen molar-refractivity contribution >= 4 is 18.2 Å². The molecule has 0 radical (unpaired) electrons. The van der Waals surface area contributed by atoms with Crippen LogP contribution < -0.4 is 5.46 Å². The van der Waals surface area contributed by atoms with Gasteiger partial charge in [-0.05, 0) is 45.3 Å². The highest BCUT2D eigenvalue weighted by Crippen LogP contribution is 2.37. The first-order chi connectivity index (χ1) is 14.4. The summed E-state index contributed by atoms with van der Waals surface area (Å²) in [6, 6.07) is 24.8. The minimum atomic E-state index is -0.394. The maximum absolute atomic E-state index is 6.28. The molecular weight excluding hydrogens is 371 g/mol. The summed E-state index contributed by atoms with van der Waals surface area (Å²) in [5.74, 6) is 0. The predicted octanol–water partition coefficient (Wildman–Crippen LogP) is 4.97. The molecule has 0 saturated carbocycles. The molecule has 2 aromatic heterocycles. The zero-order valence-corrected chi connectivity index (χ0v) is 17.8. The first-order valence-electron chi connectivity index (χ1n) is 10.3. The molecule has 0 spiro atoms. The van der Waals surface area contributed by atoms with Gasteiger partial charge < -0.3 is 9.31 Å². The summed E-state index contributed by atoms with van der Waals surface area (Å²) in [4.78, 5) is 4.93. The molecule has 1 aliphatic heterocycles. The SMILES string of the molecule is CC1(C)OB(c2cccc(-c3c(-c4ccccc4)nc4ccccn34)c2)OC1(C)C. The van der Waals surface area contributed by atoms with E-state index in [4.69, 9.17) is 14.3 Å². The molecule has 0 N–H and O–H groups in total. The number of aromatic nitrogens is 2. The average Bonchev–Trinajstić information content (AvgIpc) is 3.23. The maximum Gasteiger partial charge on any atom is 0.494 e. The highest BCUT2D eigenvalue weighted by Gasteiger charge is 2.51. The Morgan fingerprint density at radius 3 is 2.17 bits per heavy atom. The Morgan fingerprint density at radius 2 is 1.43 bits per heavy atom. The maximum atomic E-state index is 6.28. The molecule has 0 bridgehead atoms. The number of benzene rings is 2. The van der Waals surface area contributed by atoms with Crippen LogP contribution in [0.5, 0.6) is 0 Å². The molecule has 0 aliphatic carbocycles. The van der Waals surface area contributed by atoms with E-state index in [2.05, 4.69) is 74.7 Å². The lowest BCUT2D eigenvalue weighted by Gasteiger charge is -2.32. The van der Waals surface area contributed by atoms with E-state index in [1.165, 1.54) is 0 Å². The van der Waals surface area contributed by atoms with Crippen molar-refractivity contribution in [3.05, 3.63) is 79.0 Å². The topological polar surface area (TPSA) is 35.8 Å². The lowest BCUT2D eigenvalue weighted by Crippen LogP contribution is -2.41. The summed E-state index contributed by atoms with van der Waals surface area (Å²) < 4.78 is 14.7. The molecule has 150 valence electrons. The fourth-order valence-electron chi connectivity index (χ4n) is 3.88. The third-order valence-electron chi connectivity index (χ3n) is 6.26. The molecule has 1 saturated heterocycles. The van der Waals surface area contributed by atoms with Crippen LogP contribution >= 0.6 is 0 Å². The third-order valence-corrected chi connectivity index (χ3v) is 6.26. The molecule has 0 unspecified atom stereocenters. The van der Waals surface area contributed by atoms with Gasteiger partial charge in [-0.15, -0.1) is 0 Å². The molecule has 1 fully saturated rings. The van der Waals surface area contributed by atoms with Gasteiger partial charge in [-0.2, -0.15) is 0 Å². The Kier molecular flexibility index (Phi) is 4.35. The van der Waals surface area contributed by atoms with E-state index < -0.39 is 7.12 Å². The highest BCUT2D eigenvalue weighted by molar-refractivity contribution is 6.62. The Morgan fingerprint density at radius 1 is 0.767 bits per heavy atom. The van der Waals surface area contributed by atoms with Crippen LogP contribution in [-0.2, 0) is 9.31 Å². The van der Waals surface area contributed by atoms with Crippen LogP contribution in [0.25, 0.3) is 28.2 Å². The molecule has 1 aliphatic rings. The normalized spacial score (nSPS) is 17.5. The Bertz CT molecular complexity index is 1200. The quantitative estimate of drug-likeness (QED) is 0.459. The third kappa shape index (κ3) is 3.06. The van der Waals surface area contributed by atoms with E-state index in [0.717, 1.165) is 33.6 Å². The van der Waals surface area contributed by atoms with Gasteiger partial charge >= 0.3 is 7.12 Å². The van der Waals surface area contributed by atoms with E-state index in [1.807, 2.05) is 36.4 Å². The molecule has 5 heteroatoms. The lowest BCUT2D eigenvalue weighted by molar-refractivity contribution is 0.00578. The van der Waals surface area contributed by atoms with Crippen LogP contribution in [-0.4, -0.2) is 27.7 Å². The van der Waals surface area contributed by atoms with Gasteiger partial charge in [0.05, 0.1) is 22.6 Å². The first kappa shape index (κ1) is 19.1. The number of nitrogens with zero attached hydrogens (tertiary/aromatic N) is 2. The molecule has 30 heavy (non-hydrogen) atoms. The van der Waals surface area contributed by atoms with Crippen LogP contribution in [0, 0.1) is 0 Å². The molecule has 0 atom stereocenters. The van der Waals surface area contributed by atoms with Crippen LogP contribution in [0.3, 0.4) is 0 Å². The van der Waals surface area contributed by atoms with Gasteiger partial charge in [0.15, 0.2) is 0 Å². The van der Waals surface area contributed by atoms with Crippen LogP contribution in [0.1, 0.15) is 27.7 Å². The second kappa shape index (κ2) is 6.83. The fraction of sp³-hybridized carbons (Fsp3) is 0.240. The number of hydrogen-bond acceptors (Lipinski definition) is 3. The van der Waals surface area contributed by atoms with Crippen LogP contribution in [0.15, 0.2) is 79.0 Å². The van der Waals surface area contributed by atoms with Gasteiger partial charge in [0, 0.05) is 17.3 Å². The van der Waals surface area contributed by atoms with Gasteiger partial charge in [0.2, 0.25) is 0 Å². The van der Waals surface area contributed by atoms with Crippen LogP contribution in [0.2, 0.25) is 0 Å². The molecule has 4 nitrogen and oxygen atoms in total. The number of hydrogen-bond donors (Lipinski definition) is 0. The number of rotatable bonds is 3. The molecular formula is C25H25BN2O2. The van der Waals surface area contributed by atoms with Gasteiger partial charge in [-0.3, -0.25) is 4.40 Å². The first-order valence-corrected chi connectivity index (χ1v) is 10.3. The lowest BCUT2D eigenvalue weighted by atomic mass is 9.78. The van der Waals surface area contributed by atoms with Crippen molar-refractivity contribution in [1.82, 2.24) is 9.38 Å². The fourth-order valence-corrected chi connectivity index (χ4v) is 3.88. The number of imidazole rings is 1. The van der Waals surface area contributed by atoms with E-state index in [-0.39, 0.29) is 11.2 Å². The van der Waals surface area contributed by atoms with Gasteiger partial charge in [-0.1, -0.05) is 60.7 Å². The predicted molar refractivity (Wildman–Crippen MR) is 122 cm³/mol. The zero-order chi connectivity index (χ0) is 20.9. The molecule has 5 rings (SSSR count). The van der Waals surface area contributed by atoms with E-state index >= 15 is 0 Å². The van der Waals surface area contributed by atoms with Crippen molar-refractivity contribution in [2.45, 2.75) is 38.9 Å². The zero-order valence-electron chi connectivity index (χ0n) is 17.8. The second-order valence-electron chi connectivity index (χ2n) is 8.82. The Balaban J connectivity index is 1.65. The summed E-state index contributed by atoms with van der Waals surface area (Å²) in [6.45, 7) is 8.31. The second-order valence-corrected chi connectivity index (χ2v) is 8.82.